The Morgan fingerprint density at radius 2 is 2.14 bits per heavy atom. The van der Waals surface area contributed by atoms with Gasteiger partial charge in [-0.1, -0.05) is 18.5 Å². The minimum absolute atomic E-state index is 0.441. The van der Waals surface area contributed by atoms with Crippen molar-refractivity contribution in [1.29, 1.82) is 5.26 Å². The third-order valence-corrected chi connectivity index (χ3v) is 3.29. The van der Waals surface area contributed by atoms with Crippen LogP contribution in [0, 0.1) is 18.3 Å². The van der Waals surface area contributed by atoms with Gasteiger partial charge in [0.1, 0.15) is 23.5 Å². The predicted octanol–water partition coefficient (Wildman–Crippen LogP) is 3.59. The number of benzene rings is 1. The summed E-state index contributed by atoms with van der Waals surface area (Å²) < 4.78 is 0. The van der Waals surface area contributed by atoms with E-state index in [4.69, 9.17) is 22.6 Å². The van der Waals surface area contributed by atoms with Crippen LogP contribution in [0.2, 0.25) is 5.02 Å². The fourth-order valence-corrected chi connectivity index (χ4v) is 2.06. The molecule has 108 valence electrons. The second-order valence-electron chi connectivity index (χ2n) is 4.68. The molecule has 6 heteroatoms. The van der Waals surface area contributed by atoms with Crippen molar-refractivity contribution in [2.45, 2.75) is 26.7 Å². The molecule has 0 radical (unpaired) electrons. The van der Waals surface area contributed by atoms with Crippen LogP contribution in [-0.4, -0.2) is 9.97 Å². The SMILES string of the molecule is CCCc1nc(N)c(C)c(Nc2cc(Cl)ccc2C#N)n1. The van der Waals surface area contributed by atoms with E-state index in [-0.39, 0.29) is 0 Å². The van der Waals surface area contributed by atoms with Crippen LogP contribution >= 0.6 is 11.6 Å². The van der Waals surface area contributed by atoms with Crippen LogP contribution < -0.4 is 11.1 Å². The molecule has 5 nitrogen and oxygen atoms in total. The molecule has 2 aromatic rings. The third-order valence-electron chi connectivity index (χ3n) is 3.06. The minimum Gasteiger partial charge on any atom is -0.383 e. The van der Waals surface area contributed by atoms with Gasteiger partial charge in [0.2, 0.25) is 0 Å². The highest BCUT2D eigenvalue weighted by Gasteiger charge is 2.11. The van der Waals surface area contributed by atoms with Gasteiger partial charge in [-0.25, -0.2) is 9.97 Å². The first-order valence-electron chi connectivity index (χ1n) is 6.64. The second-order valence-corrected chi connectivity index (χ2v) is 5.11. The predicted molar refractivity (Wildman–Crippen MR) is 84.6 cm³/mol. The monoisotopic (exact) mass is 301 g/mol. The summed E-state index contributed by atoms with van der Waals surface area (Å²) in [6.45, 7) is 3.89. The lowest BCUT2D eigenvalue weighted by Gasteiger charge is -2.13. The molecule has 0 fully saturated rings. The van der Waals surface area contributed by atoms with E-state index in [9.17, 15) is 0 Å². The summed E-state index contributed by atoms with van der Waals surface area (Å²) in [6.07, 6.45) is 1.68. The maximum Gasteiger partial charge on any atom is 0.139 e. The van der Waals surface area contributed by atoms with Gasteiger partial charge >= 0.3 is 0 Å². The molecular weight excluding hydrogens is 286 g/mol. The van der Waals surface area contributed by atoms with Crippen LogP contribution in [0.25, 0.3) is 0 Å². The fourth-order valence-electron chi connectivity index (χ4n) is 1.88. The van der Waals surface area contributed by atoms with Crippen LogP contribution in [0.3, 0.4) is 0 Å². The van der Waals surface area contributed by atoms with Crippen LogP contribution in [-0.2, 0) is 6.42 Å². The lowest BCUT2D eigenvalue weighted by molar-refractivity contribution is 0.836. The molecule has 0 atom stereocenters. The summed E-state index contributed by atoms with van der Waals surface area (Å²) in [5.74, 6) is 1.73. The lowest BCUT2D eigenvalue weighted by atomic mass is 10.2. The second kappa shape index (κ2) is 6.42. The molecule has 0 spiro atoms. The Labute approximate surface area is 128 Å². The van der Waals surface area contributed by atoms with Crippen molar-refractivity contribution in [1.82, 2.24) is 9.97 Å². The first-order chi connectivity index (χ1) is 10.0. The summed E-state index contributed by atoms with van der Waals surface area (Å²) in [6, 6.07) is 7.15. The van der Waals surface area contributed by atoms with Gasteiger partial charge in [-0.2, -0.15) is 5.26 Å². The van der Waals surface area contributed by atoms with Gasteiger partial charge in [0, 0.05) is 17.0 Å². The zero-order chi connectivity index (χ0) is 15.4. The molecule has 1 aromatic carbocycles. The average molecular weight is 302 g/mol. The highest BCUT2D eigenvalue weighted by atomic mass is 35.5. The smallest absolute Gasteiger partial charge is 0.139 e. The fraction of sp³-hybridized carbons (Fsp3) is 0.267. The summed E-state index contributed by atoms with van der Waals surface area (Å²) in [5, 5.41) is 12.8. The number of hydrogen-bond donors (Lipinski definition) is 2. The van der Waals surface area contributed by atoms with Crippen molar-refractivity contribution in [2.24, 2.45) is 0 Å². The van der Waals surface area contributed by atoms with Crippen LogP contribution in [0.1, 0.15) is 30.3 Å². The zero-order valence-corrected chi connectivity index (χ0v) is 12.7. The first-order valence-corrected chi connectivity index (χ1v) is 7.02. The molecule has 1 heterocycles. The van der Waals surface area contributed by atoms with E-state index in [2.05, 4.69) is 28.3 Å². The Kier molecular flexibility index (Phi) is 4.61. The molecule has 0 aliphatic carbocycles. The lowest BCUT2D eigenvalue weighted by Crippen LogP contribution is -2.07. The van der Waals surface area contributed by atoms with Crippen molar-refractivity contribution in [3.05, 3.63) is 40.2 Å². The van der Waals surface area contributed by atoms with E-state index >= 15 is 0 Å². The Bertz CT molecular complexity index is 706. The molecule has 0 amide bonds. The van der Waals surface area contributed by atoms with Gasteiger partial charge in [0.05, 0.1) is 11.3 Å². The van der Waals surface area contributed by atoms with Gasteiger partial charge < -0.3 is 11.1 Å². The Morgan fingerprint density at radius 1 is 1.38 bits per heavy atom. The molecular formula is C15H16ClN5. The molecule has 1 aromatic heterocycles. The molecule has 0 saturated carbocycles. The van der Waals surface area contributed by atoms with Gasteiger partial charge in [0.15, 0.2) is 0 Å². The van der Waals surface area contributed by atoms with E-state index in [1.54, 1.807) is 18.2 Å². The molecule has 0 bridgehead atoms. The Hall–Kier alpha value is -2.32. The molecule has 3 N–H and O–H groups in total. The van der Waals surface area contributed by atoms with E-state index < -0.39 is 0 Å². The quantitative estimate of drug-likeness (QED) is 0.901. The minimum atomic E-state index is 0.441. The molecule has 0 aliphatic rings. The van der Waals surface area contributed by atoms with E-state index in [1.807, 2.05) is 6.92 Å². The van der Waals surface area contributed by atoms with Crippen molar-refractivity contribution in [2.75, 3.05) is 11.1 Å². The van der Waals surface area contributed by atoms with Gasteiger partial charge in [-0.3, -0.25) is 0 Å². The third kappa shape index (κ3) is 3.41. The highest BCUT2D eigenvalue weighted by Crippen LogP contribution is 2.26. The summed E-state index contributed by atoms with van der Waals surface area (Å²) in [5.41, 5.74) is 7.77. The Morgan fingerprint density at radius 3 is 2.81 bits per heavy atom. The summed E-state index contributed by atoms with van der Waals surface area (Å²) in [4.78, 5) is 8.73. The molecule has 0 aliphatic heterocycles. The summed E-state index contributed by atoms with van der Waals surface area (Å²) in [7, 11) is 0. The van der Waals surface area contributed by atoms with Crippen molar-refractivity contribution < 1.29 is 0 Å². The van der Waals surface area contributed by atoms with Crippen molar-refractivity contribution in [3.8, 4) is 6.07 Å². The molecule has 0 unspecified atom stereocenters. The van der Waals surface area contributed by atoms with Gasteiger partial charge in [-0.15, -0.1) is 0 Å². The Balaban J connectivity index is 2.44. The van der Waals surface area contributed by atoms with E-state index in [1.165, 1.54) is 0 Å². The number of aromatic nitrogens is 2. The first kappa shape index (κ1) is 15.1. The zero-order valence-electron chi connectivity index (χ0n) is 11.9. The number of nitrogens with zero attached hydrogens (tertiary/aromatic N) is 3. The number of rotatable bonds is 4. The topological polar surface area (TPSA) is 87.6 Å². The van der Waals surface area contributed by atoms with Crippen LogP contribution in [0.5, 0.6) is 0 Å². The van der Waals surface area contributed by atoms with Crippen LogP contribution in [0.4, 0.5) is 17.3 Å². The number of nitrogen functional groups attached to an aromatic ring is 1. The number of nitrogens with one attached hydrogen (secondary N) is 1. The standard InChI is InChI=1S/C15H16ClN5/c1-3-4-13-20-14(18)9(2)15(21-13)19-12-7-11(16)6-5-10(12)8-17/h5-7H,3-4H2,1-2H3,(H3,18,19,20,21). The van der Waals surface area contributed by atoms with E-state index in [0.29, 0.717) is 33.7 Å². The number of hydrogen-bond acceptors (Lipinski definition) is 5. The molecule has 2 rings (SSSR count). The average Bonchev–Trinajstić information content (AvgIpc) is 2.45. The maximum absolute atomic E-state index is 9.16. The number of halogens is 1. The number of nitriles is 1. The van der Waals surface area contributed by atoms with Crippen molar-refractivity contribution >= 4 is 28.9 Å². The van der Waals surface area contributed by atoms with Gasteiger partial charge in [-0.05, 0) is 31.5 Å². The normalized spacial score (nSPS) is 10.2. The number of anilines is 3. The summed E-state index contributed by atoms with van der Waals surface area (Å²) >= 11 is 5.99. The number of nitrogens with two attached hydrogens (primary N) is 1. The molecule has 21 heavy (non-hydrogen) atoms. The maximum atomic E-state index is 9.16. The van der Waals surface area contributed by atoms with Crippen molar-refractivity contribution in [3.63, 3.8) is 0 Å². The molecule has 0 saturated heterocycles. The van der Waals surface area contributed by atoms with E-state index in [0.717, 1.165) is 18.4 Å². The van der Waals surface area contributed by atoms with Crippen LogP contribution in [0.15, 0.2) is 18.2 Å². The number of aryl methyl sites for hydroxylation is 1. The van der Waals surface area contributed by atoms with Gasteiger partial charge in [0.25, 0.3) is 0 Å². The largest absolute Gasteiger partial charge is 0.383 e. The highest BCUT2D eigenvalue weighted by molar-refractivity contribution is 6.30.